The zero-order chi connectivity index (χ0) is 18.5. The fourth-order valence-electron chi connectivity index (χ4n) is 2.12. The highest BCUT2D eigenvalue weighted by Crippen LogP contribution is 2.26. The van der Waals surface area contributed by atoms with Crippen molar-refractivity contribution in [2.24, 2.45) is 0 Å². The lowest BCUT2D eigenvalue weighted by Crippen LogP contribution is -2.12. The number of nitriles is 1. The van der Waals surface area contributed by atoms with Crippen LogP contribution in [-0.2, 0) is 4.79 Å². The topological polar surface area (TPSA) is 105 Å². The Kier molecular flexibility index (Phi) is 5.61. The molecule has 1 aromatic carbocycles. The molecule has 0 aliphatic heterocycles. The van der Waals surface area contributed by atoms with Gasteiger partial charge >= 0.3 is 0 Å². The van der Waals surface area contributed by atoms with Crippen LogP contribution < -0.4 is 5.32 Å². The van der Waals surface area contributed by atoms with Crippen molar-refractivity contribution in [2.45, 2.75) is 18.6 Å². The molecule has 1 N–H and O–H groups in total. The first-order valence-corrected chi connectivity index (χ1v) is 8.93. The number of nitrogens with zero attached hydrogens (tertiary/aromatic N) is 3. The van der Waals surface area contributed by atoms with Crippen LogP contribution in [0.3, 0.4) is 0 Å². The largest absolute Gasteiger partial charge is 0.469 e. The molecule has 2 aromatic heterocycles. The van der Waals surface area contributed by atoms with Crippen LogP contribution in [0.15, 0.2) is 44.6 Å². The number of furan rings is 1. The Labute approximate surface area is 158 Å². The summed E-state index contributed by atoms with van der Waals surface area (Å²) in [5.74, 6) is 1.38. The van der Waals surface area contributed by atoms with Crippen LogP contribution in [0.4, 0.5) is 5.69 Å². The molecule has 3 rings (SSSR count). The minimum atomic E-state index is -0.177. The van der Waals surface area contributed by atoms with Gasteiger partial charge < -0.3 is 14.2 Å². The molecular weight excluding hydrogens is 376 g/mol. The summed E-state index contributed by atoms with van der Waals surface area (Å²) in [5.41, 5.74) is 1.65. The molecule has 0 saturated heterocycles. The van der Waals surface area contributed by atoms with E-state index < -0.39 is 0 Å². The van der Waals surface area contributed by atoms with Crippen molar-refractivity contribution in [3.8, 4) is 17.5 Å². The van der Waals surface area contributed by atoms with Gasteiger partial charge in [0.2, 0.25) is 5.91 Å². The van der Waals surface area contributed by atoms with Crippen molar-refractivity contribution in [2.75, 3.05) is 11.1 Å². The van der Waals surface area contributed by atoms with E-state index in [9.17, 15) is 4.79 Å². The molecule has 0 spiro atoms. The lowest BCUT2D eigenvalue weighted by molar-refractivity contribution is -0.115. The van der Waals surface area contributed by atoms with Crippen molar-refractivity contribution in [3.63, 3.8) is 0 Å². The minimum Gasteiger partial charge on any atom is -0.469 e. The van der Waals surface area contributed by atoms with E-state index in [1.54, 1.807) is 30.5 Å². The van der Waals surface area contributed by atoms with Gasteiger partial charge in [0.25, 0.3) is 11.1 Å². The third-order valence-corrected chi connectivity index (χ3v) is 4.56. The molecule has 0 unspecified atom stereocenters. The minimum absolute atomic E-state index is 0.177. The van der Waals surface area contributed by atoms with Crippen LogP contribution in [-0.4, -0.2) is 21.9 Å². The molecule has 2 heterocycles. The van der Waals surface area contributed by atoms with Crippen molar-refractivity contribution in [1.82, 2.24) is 10.2 Å². The third-order valence-electron chi connectivity index (χ3n) is 3.42. The third kappa shape index (κ3) is 4.25. The second-order valence-corrected chi connectivity index (χ2v) is 6.67. The summed E-state index contributed by atoms with van der Waals surface area (Å²) in [4.78, 5) is 12.0. The van der Waals surface area contributed by atoms with Gasteiger partial charge in [-0.05, 0) is 31.2 Å². The fourth-order valence-corrected chi connectivity index (χ4v) is 3.04. The molecule has 0 aliphatic rings. The van der Waals surface area contributed by atoms with E-state index in [0.29, 0.717) is 38.9 Å². The number of carbonyl (C=O) groups is 1. The zero-order valence-electron chi connectivity index (χ0n) is 13.7. The Morgan fingerprint density at radius 1 is 1.38 bits per heavy atom. The van der Waals surface area contributed by atoms with Crippen LogP contribution in [0, 0.1) is 18.3 Å². The molecule has 0 bridgehead atoms. The lowest BCUT2D eigenvalue weighted by Gasteiger charge is -2.05. The molecule has 0 atom stereocenters. The highest BCUT2D eigenvalue weighted by molar-refractivity contribution is 7.99. The van der Waals surface area contributed by atoms with E-state index >= 15 is 0 Å². The zero-order valence-corrected chi connectivity index (χ0v) is 15.2. The molecule has 26 heavy (non-hydrogen) atoms. The fraction of sp³-hybridized carbons (Fsp3) is 0.176. The van der Waals surface area contributed by atoms with Crippen LogP contribution in [0.1, 0.15) is 17.7 Å². The van der Waals surface area contributed by atoms with Crippen LogP contribution in [0.2, 0.25) is 5.02 Å². The summed E-state index contributed by atoms with van der Waals surface area (Å²) < 4.78 is 10.8. The van der Waals surface area contributed by atoms with Crippen LogP contribution in [0.25, 0.3) is 11.5 Å². The van der Waals surface area contributed by atoms with Gasteiger partial charge in [-0.25, -0.2) is 0 Å². The number of amides is 1. The Morgan fingerprint density at radius 3 is 2.92 bits per heavy atom. The summed E-state index contributed by atoms with van der Waals surface area (Å²) in [6, 6.07) is 8.46. The maximum atomic E-state index is 12.0. The maximum absolute atomic E-state index is 12.0. The van der Waals surface area contributed by atoms with E-state index in [1.807, 2.05) is 13.0 Å². The molecule has 0 fully saturated rings. The highest BCUT2D eigenvalue weighted by Gasteiger charge is 2.13. The van der Waals surface area contributed by atoms with E-state index in [1.165, 1.54) is 11.8 Å². The number of rotatable bonds is 6. The van der Waals surface area contributed by atoms with Crippen molar-refractivity contribution in [1.29, 1.82) is 5.26 Å². The standard InChI is InChI=1S/C17H13ClN4O3S/c1-10-13(4-6-24-10)16-21-22-17(25-16)26-7-5-15(23)20-12-3-2-11(9-19)14(18)8-12/h2-4,6,8H,5,7H2,1H3,(H,20,23). The van der Waals surface area contributed by atoms with Crippen molar-refractivity contribution in [3.05, 3.63) is 46.9 Å². The first-order chi connectivity index (χ1) is 12.6. The van der Waals surface area contributed by atoms with E-state index in [4.69, 9.17) is 25.7 Å². The number of hydrogen-bond acceptors (Lipinski definition) is 7. The van der Waals surface area contributed by atoms with Gasteiger partial charge in [0, 0.05) is 17.9 Å². The molecule has 3 aromatic rings. The van der Waals surface area contributed by atoms with E-state index in [0.717, 1.165) is 5.56 Å². The summed E-state index contributed by atoms with van der Waals surface area (Å²) >= 11 is 7.23. The summed E-state index contributed by atoms with van der Waals surface area (Å²) in [7, 11) is 0. The molecular formula is C17H13ClN4O3S. The summed E-state index contributed by atoms with van der Waals surface area (Å²) in [6.07, 6.45) is 1.81. The predicted octanol–water partition coefficient (Wildman–Crippen LogP) is 4.28. The highest BCUT2D eigenvalue weighted by atomic mass is 35.5. The van der Waals surface area contributed by atoms with Crippen molar-refractivity contribution < 1.29 is 13.6 Å². The van der Waals surface area contributed by atoms with Crippen LogP contribution in [0.5, 0.6) is 0 Å². The Morgan fingerprint density at radius 2 is 2.23 bits per heavy atom. The number of anilines is 1. The van der Waals surface area contributed by atoms with Crippen LogP contribution >= 0.6 is 23.4 Å². The maximum Gasteiger partial charge on any atom is 0.276 e. The second-order valence-electron chi connectivity index (χ2n) is 5.22. The van der Waals surface area contributed by atoms with Gasteiger partial charge in [-0.1, -0.05) is 23.4 Å². The molecule has 0 radical (unpaired) electrons. The number of halogens is 1. The molecule has 7 nitrogen and oxygen atoms in total. The second kappa shape index (κ2) is 8.08. The van der Waals surface area contributed by atoms with Gasteiger partial charge in [-0.15, -0.1) is 10.2 Å². The monoisotopic (exact) mass is 388 g/mol. The van der Waals surface area contributed by atoms with Gasteiger partial charge in [0.05, 0.1) is 22.4 Å². The Hall–Kier alpha value is -2.76. The normalized spacial score (nSPS) is 10.5. The van der Waals surface area contributed by atoms with Gasteiger partial charge in [0.1, 0.15) is 11.8 Å². The molecule has 132 valence electrons. The number of benzene rings is 1. The summed E-state index contributed by atoms with van der Waals surface area (Å²) in [6.45, 7) is 1.81. The lowest BCUT2D eigenvalue weighted by atomic mass is 10.2. The number of hydrogen-bond donors (Lipinski definition) is 1. The average molecular weight is 389 g/mol. The SMILES string of the molecule is Cc1occc1-c1nnc(SCCC(=O)Nc2ccc(C#N)c(Cl)c2)o1. The van der Waals surface area contributed by atoms with Gasteiger partial charge in [-0.2, -0.15) is 5.26 Å². The van der Waals surface area contributed by atoms with Gasteiger partial charge in [-0.3, -0.25) is 4.79 Å². The number of aryl methyl sites for hydroxylation is 1. The Balaban J connectivity index is 1.50. The predicted molar refractivity (Wildman–Crippen MR) is 96.9 cm³/mol. The molecule has 0 saturated carbocycles. The Bertz CT molecular complexity index is 977. The molecule has 0 aliphatic carbocycles. The number of thioether (sulfide) groups is 1. The van der Waals surface area contributed by atoms with E-state index in [-0.39, 0.29) is 12.3 Å². The number of carbonyl (C=O) groups excluding carboxylic acids is 1. The van der Waals surface area contributed by atoms with E-state index in [2.05, 4.69) is 15.5 Å². The first kappa shape index (κ1) is 18.0. The summed E-state index contributed by atoms with van der Waals surface area (Å²) in [5, 5.41) is 20.2. The molecule has 1 amide bonds. The average Bonchev–Trinajstić information content (AvgIpc) is 3.23. The number of nitrogens with one attached hydrogen (secondary N) is 1. The smallest absolute Gasteiger partial charge is 0.276 e. The van der Waals surface area contributed by atoms with Crippen molar-refractivity contribution >= 4 is 35.0 Å². The molecule has 9 heteroatoms. The first-order valence-electron chi connectivity index (χ1n) is 7.57. The number of aromatic nitrogens is 2. The quantitative estimate of drug-likeness (QED) is 0.628. The van der Waals surface area contributed by atoms with Gasteiger partial charge in [0.15, 0.2) is 0 Å².